The van der Waals surface area contributed by atoms with E-state index in [0.29, 0.717) is 11.8 Å². The Hall–Kier alpha value is -1.22. The van der Waals surface area contributed by atoms with E-state index in [1.807, 2.05) is 18.8 Å². The van der Waals surface area contributed by atoms with Gasteiger partial charge < -0.3 is 19.9 Å². The lowest BCUT2D eigenvalue weighted by atomic mass is 10.3. The minimum Gasteiger partial charge on any atom is -0.480 e. The number of anilines is 1. The Morgan fingerprint density at radius 1 is 1.42 bits per heavy atom. The molecule has 1 aromatic heterocycles. The molecule has 0 radical (unpaired) electrons. The van der Waals surface area contributed by atoms with E-state index in [-0.39, 0.29) is 0 Å². The molecule has 0 amide bonds. The summed E-state index contributed by atoms with van der Waals surface area (Å²) in [5, 5.41) is 3.44. The maximum absolute atomic E-state index is 5.25. The highest BCUT2D eigenvalue weighted by Crippen LogP contribution is 2.23. The molecule has 134 valence electrons. The van der Waals surface area contributed by atoms with Crippen molar-refractivity contribution in [3.8, 4) is 5.88 Å². The van der Waals surface area contributed by atoms with Crippen molar-refractivity contribution >= 4 is 39.6 Å². The molecule has 7 nitrogen and oxygen atoms in total. The van der Waals surface area contributed by atoms with Gasteiger partial charge in [-0.1, -0.05) is 0 Å². The summed E-state index contributed by atoms with van der Waals surface area (Å²) in [5.74, 6) is 3.41. The summed E-state index contributed by atoms with van der Waals surface area (Å²) in [6.45, 7) is 4.46. The van der Waals surface area contributed by atoms with Gasteiger partial charge in [-0.15, -0.1) is 0 Å². The molecule has 1 fully saturated rings. The number of hydrogen-bond donors (Lipinski definition) is 1. The summed E-state index contributed by atoms with van der Waals surface area (Å²) in [7, 11) is 3.45. The van der Waals surface area contributed by atoms with E-state index in [1.165, 1.54) is 5.75 Å². The molecule has 0 saturated carbocycles. The predicted molar refractivity (Wildman–Crippen MR) is 104 cm³/mol. The first kappa shape index (κ1) is 19.1. The van der Waals surface area contributed by atoms with Crippen molar-refractivity contribution < 1.29 is 4.74 Å². The SMILES string of the molecule is CN=C(NCCCSC)N1CCN(c2ncc(Br)c(OC)n2)CC1. The quantitative estimate of drug-likeness (QED) is 0.429. The highest BCUT2D eigenvalue weighted by atomic mass is 79.9. The van der Waals surface area contributed by atoms with Crippen LogP contribution < -0.4 is 15.0 Å². The van der Waals surface area contributed by atoms with Crippen LogP contribution in [0.25, 0.3) is 0 Å². The van der Waals surface area contributed by atoms with Crippen LogP contribution in [0.5, 0.6) is 5.88 Å². The molecule has 1 aromatic rings. The Labute approximate surface area is 156 Å². The van der Waals surface area contributed by atoms with E-state index < -0.39 is 0 Å². The van der Waals surface area contributed by atoms with Crippen LogP contribution in [0.4, 0.5) is 5.95 Å². The van der Waals surface area contributed by atoms with Gasteiger partial charge in [0.15, 0.2) is 5.96 Å². The highest BCUT2D eigenvalue weighted by Gasteiger charge is 2.21. The third-order valence-electron chi connectivity index (χ3n) is 3.77. The summed E-state index contributed by atoms with van der Waals surface area (Å²) in [5.41, 5.74) is 0. The third kappa shape index (κ3) is 5.14. The predicted octanol–water partition coefficient (Wildman–Crippen LogP) is 1.70. The van der Waals surface area contributed by atoms with E-state index in [0.717, 1.165) is 49.6 Å². The Morgan fingerprint density at radius 2 is 2.17 bits per heavy atom. The first-order valence-corrected chi connectivity index (χ1v) is 10.1. The van der Waals surface area contributed by atoms with Gasteiger partial charge in [-0.05, 0) is 34.4 Å². The molecule has 0 aromatic carbocycles. The average molecular weight is 417 g/mol. The van der Waals surface area contributed by atoms with Crippen molar-refractivity contribution in [1.29, 1.82) is 0 Å². The van der Waals surface area contributed by atoms with Crippen LogP contribution in [-0.2, 0) is 0 Å². The first-order chi connectivity index (χ1) is 11.7. The van der Waals surface area contributed by atoms with E-state index in [1.54, 1.807) is 13.3 Å². The van der Waals surface area contributed by atoms with Crippen molar-refractivity contribution in [2.24, 2.45) is 4.99 Å². The number of aliphatic imine (C=N–C) groups is 1. The number of aromatic nitrogens is 2. The molecule has 0 unspecified atom stereocenters. The van der Waals surface area contributed by atoms with Crippen molar-refractivity contribution in [2.75, 3.05) is 63.8 Å². The van der Waals surface area contributed by atoms with E-state index in [4.69, 9.17) is 4.74 Å². The Morgan fingerprint density at radius 3 is 2.79 bits per heavy atom. The summed E-state index contributed by atoms with van der Waals surface area (Å²) in [6.07, 6.45) is 5.01. The molecule has 24 heavy (non-hydrogen) atoms. The maximum atomic E-state index is 5.25. The molecule has 0 spiro atoms. The van der Waals surface area contributed by atoms with Gasteiger partial charge in [0.1, 0.15) is 0 Å². The van der Waals surface area contributed by atoms with Crippen LogP contribution in [0.2, 0.25) is 0 Å². The molecule has 2 heterocycles. The zero-order chi connectivity index (χ0) is 17.4. The summed E-state index contributed by atoms with van der Waals surface area (Å²) < 4.78 is 6.02. The van der Waals surface area contributed by atoms with Crippen LogP contribution in [-0.4, -0.2) is 79.7 Å². The lowest BCUT2D eigenvalue weighted by Crippen LogP contribution is -2.53. The van der Waals surface area contributed by atoms with E-state index in [2.05, 4.69) is 52.3 Å². The topological polar surface area (TPSA) is 65.9 Å². The van der Waals surface area contributed by atoms with Crippen LogP contribution in [0.1, 0.15) is 6.42 Å². The van der Waals surface area contributed by atoms with Gasteiger partial charge in [0.25, 0.3) is 0 Å². The van der Waals surface area contributed by atoms with Gasteiger partial charge in [0, 0.05) is 39.8 Å². The van der Waals surface area contributed by atoms with Gasteiger partial charge in [-0.2, -0.15) is 16.7 Å². The second-order valence-electron chi connectivity index (χ2n) is 5.32. The smallest absolute Gasteiger partial charge is 0.232 e. The zero-order valence-electron chi connectivity index (χ0n) is 14.5. The number of halogens is 1. The van der Waals surface area contributed by atoms with Crippen LogP contribution >= 0.6 is 27.7 Å². The Bertz CT molecular complexity index is 551. The highest BCUT2D eigenvalue weighted by molar-refractivity contribution is 9.10. The summed E-state index contributed by atoms with van der Waals surface area (Å²) >= 11 is 5.26. The second-order valence-corrected chi connectivity index (χ2v) is 7.16. The van der Waals surface area contributed by atoms with Gasteiger partial charge in [-0.3, -0.25) is 4.99 Å². The molecule has 2 rings (SSSR count). The van der Waals surface area contributed by atoms with Gasteiger partial charge in [0.2, 0.25) is 11.8 Å². The molecule has 0 bridgehead atoms. The Balaban J connectivity index is 1.88. The minimum absolute atomic E-state index is 0.564. The van der Waals surface area contributed by atoms with Crippen molar-refractivity contribution in [3.63, 3.8) is 0 Å². The summed E-state index contributed by atoms with van der Waals surface area (Å²) in [6, 6.07) is 0. The lowest BCUT2D eigenvalue weighted by molar-refractivity contribution is 0.366. The van der Waals surface area contributed by atoms with Gasteiger partial charge in [0.05, 0.1) is 17.8 Å². The molecule has 1 saturated heterocycles. The fourth-order valence-electron chi connectivity index (χ4n) is 2.51. The molecule has 1 aliphatic heterocycles. The van der Waals surface area contributed by atoms with Gasteiger partial charge in [-0.25, -0.2) is 4.98 Å². The number of hydrogen-bond acceptors (Lipinski definition) is 6. The monoisotopic (exact) mass is 416 g/mol. The summed E-state index contributed by atoms with van der Waals surface area (Å²) in [4.78, 5) is 17.7. The first-order valence-electron chi connectivity index (χ1n) is 7.95. The van der Waals surface area contributed by atoms with Crippen molar-refractivity contribution in [1.82, 2.24) is 20.2 Å². The number of thioether (sulfide) groups is 1. The number of methoxy groups -OCH3 is 1. The molecule has 0 aliphatic carbocycles. The van der Waals surface area contributed by atoms with Crippen LogP contribution in [0.3, 0.4) is 0 Å². The maximum Gasteiger partial charge on any atom is 0.232 e. The number of nitrogens with zero attached hydrogens (tertiary/aromatic N) is 5. The molecule has 1 N–H and O–H groups in total. The fourth-order valence-corrected chi connectivity index (χ4v) is 3.29. The molecular weight excluding hydrogens is 392 g/mol. The molecule has 1 aliphatic rings. The van der Waals surface area contributed by atoms with Crippen LogP contribution in [0.15, 0.2) is 15.7 Å². The standard InChI is InChI=1S/C15H25BrN6OS/c1-17-14(18-5-4-10-24-3)21-6-8-22(9-7-21)15-19-11-12(16)13(20-15)23-2/h11H,4-10H2,1-3H3,(H,17,18). The van der Waals surface area contributed by atoms with Gasteiger partial charge >= 0.3 is 0 Å². The number of guanidine groups is 1. The molecule has 9 heteroatoms. The average Bonchev–Trinajstić information content (AvgIpc) is 2.62. The normalized spacial score (nSPS) is 15.6. The van der Waals surface area contributed by atoms with Crippen LogP contribution in [0, 0.1) is 0 Å². The number of ether oxygens (including phenoxy) is 1. The molecule has 0 atom stereocenters. The Kier molecular flexibility index (Phi) is 7.90. The fraction of sp³-hybridized carbons (Fsp3) is 0.667. The molecular formula is C15H25BrN6OS. The van der Waals surface area contributed by atoms with Crippen molar-refractivity contribution in [3.05, 3.63) is 10.7 Å². The number of nitrogens with one attached hydrogen (secondary N) is 1. The van der Waals surface area contributed by atoms with E-state index in [9.17, 15) is 0 Å². The van der Waals surface area contributed by atoms with E-state index >= 15 is 0 Å². The number of rotatable bonds is 6. The largest absolute Gasteiger partial charge is 0.480 e. The third-order valence-corrected chi connectivity index (χ3v) is 5.02. The second kappa shape index (κ2) is 9.93. The minimum atomic E-state index is 0.564. The number of piperazine rings is 1. The lowest BCUT2D eigenvalue weighted by Gasteiger charge is -2.36. The van der Waals surface area contributed by atoms with Crippen molar-refractivity contribution in [2.45, 2.75) is 6.42 Å². The zero-order valence-corrected chi connectivity index (χ0v) is 16.9.